The van der Waals surface area contributed by atoms with E-state index in [2.05, 4.69) is 50.0 Å². The predicted molar refractivity (Wildman–Crippen MR) is 102 cm³/mol. The third-order valence-corrected chi connectivity index (χ3v) is 6.38. The maximum absolute atomic E-state index is 4.94. The average molecular weight is 348 g/mol. The minimum atomic E-state index is 0.433. The molecular weight excluding hydrogens is 328 g/mol. The summed E-state index contributed by atoms with van der Waals surface area (Å²) < 4.78 is 1.87. The van der Waals surface area contributed by atoms with E-state index in [1.807, 2.05) is 10.8 Å². The van der Waals surface area contributed by atoms with Gasteiger partial charge in [-0.1, -0.05) is 36.8 Å². The molecule has 5 heteroatoms. The largest absolute Gasteiger partial charge is 0.225 e. The van der Waals surface area contributed by atoms with Crippen LogP contribution in [0.2, 0.25) is 0 Å². The SMILES string of the molecule is CCc1c(C)sc2ncn3nc([C@H]4C[C@H]4c4ccc(C)cc4)nc3c12. The van der Waals surface area contributed by atoms with Crippen LogP contribution in [0.3, 0.4) is 0 Å². The van der Waals surface area contributed by atoms with Crippen molar-refractivity contribution in [2.24, 2.45) is 0 Å². The third-order valence-electron chi connectivity index (χ3n) is 5.33. The molecule has 0 saturated heterocycles. The van der Waals surface area contributed by atoms with Crippen molar-refractivity contribution >= 4 is 27.2 Å². The van der Waals surface area contributed by atoms with Crippen LogP contribution in [0.4, 0.5) is 0 Å². The lowest BCUT2D eigenvalue weighted by molar-refractivity contribution is 0.850. The number of rotatable bonds is 3. The van der Waals surface area contributed by atoms with Crippen LogP contribution in [0.25, 0.3) is 15.9 Å². The highest BCUT2D eigenvalue weighted by atomic mass is 32.1. The molecule has 0 N–H and O–H groups in total. The lowest BCUT2D eigenvalue weighted by Gasteiger charge is -1.99. The molecule has 4 aromatic rings. The fraction of sp³-hybridized carbons (Fsp3) is 0.350. The maximum atomic E-state index is 4.94. The van der Waals surface area contributed by atoms with Crippen molar-refractivity contribution in [3.05, 3.63) is 58.0 Å². The number of aromatic nitrogens is 4. The van der Waals surface area contributed by atoms with Crippen molar-refractivity contribution in [1.82, 2.24) is 19.6 Å². The van der Waals surface area contributed by atoms with E-state index in [9.17, 15) is 0 Å². The van der Waals surface area contributed by atoms with Crippen molar-refractivity contribution in [3.8, 4) is 0 Å². The summed E-state index contributed by atoms with van der Waals surface area (Å²) in [6.45, 7) is 6.50. The Hall–Kier alpha value is -2.27. The van der Waals surface area contributed by atoms with Gasteiger partial charge in [0, 0.05) is 10.8 Å². The van der Waals surface area contributed by atoms with Crippen LogP contribution >= 0.6 is 11.3 Å². The van der Waals surface area contributed by atoms with Crippen molar-refractivity contribution in [3.63, 3.8) is 0 Å². The van der Waals surface area contributed by atoms with Gasteiger partial charge in [-0.05, 0) is 43.7 Å². The van der Waals surface area contributed by atoms with Crippen molar-refractivity contribution < 1.29 is 0 Å². The fourth-order valence-corrected chi connectivity index (χ4v) is 4.90. The zero-order valence-electron chi connectivity index (χ0n) is 14.7. The Balaban J connectivity index is 1.57. The molecular formula is C20H20N4S. The standard InChI is InChI=1S/C20H20N4S/c1-4-14-12(3)25-20-17(14)19-22-18(23-24(19)10-21-20)16-9-15(16)13-7-5-11(2)6-8-13/h5-8,10,15-16H,4,9H2,1-3H3/t15-,16-/m0/s1. The van der Waals surface area contributed by atoms with Gasteiger partial charge in [0.1, 0.15) is 11.2 Å². The first-order valence-corrected chi connectivity index (χ1v) is 9.67. The van der Waals surface area contributed by atoms with Gasteiger partial charge in [-0.3, -0.25) is 0 Å². The van der Waals surface area contributed by atoms with E-state index in [0.717, 1.165) is 29.1 Å². The minimum Gasteiger partial charge on any atom is -0.225 e. The van der Waals surface area contributed by atoms with Crippen LogP contribution in [0.1, 0.15) is 52.6 Å². The molecule has 1 aromatic carbocycles. The van der Waals surface area contributed by atoms with E-state index in [1.165, 1.54) is 27.0 Å². The Morgan fingerprint density at radius 2 is 1.96 bits per heavy atom. The third kappa shape index (κ3) is 2.29. The molecule has 2 atom stereocenters. The Kier molecular flexibility index (Phi) is 3.22. The minimum absolute atomic E-state index is 0.433. The molecule has 3 heterocycles. The molecule has 1 saturated carbocycles. The summed E-state index contributed by atoms with van der Waals surface area (Å²) in [7, 11) is 0. The number of fused-ring (bicyclic) bond motifs is 3. The van der Waals surface area contributed by atoms with E-state index in [1.54, 1.807) is 11.3 Å². The van der Waals surface area contributed by atoms with Gasteiger partial charge in [-0.2, -0.15) is 0 Å². The number of thiophene rings is 1. The molecule has 5 rings (SSSR count). The van der Waals surface area contributed by atoms with Crippen LogP contribution in [0.5, 0.6) is 0 Å². The highest BCUT2D eigenvalue weighted by Gasteiger charge is 2.42. The van der Waals surface area contributed by atoms with Crippen molar-refractivity contribution in [2.45, 2.75) is 45.4 Å². The van der Waals surface area contributed by atoms with E-state index >= 15 is 0 Å². The highest BCUT2D eigenvalue weighted by Crippen LogP contribution is 2.53. The molecule has 0 bridgehead atoms. The molecule has 0 unspecified atom stereocenters. The van der Waals surface area contributed by atoms with E-state index in [0.29, 0.717) is 11.8 Å². The fourth-order valence-electron chi connectivity index (χ4n) is 3.83. The van der Waals surface area contributed by atoms with E-state index in [4.69, 9.17) is 10.1 Å². The quantitative estimate of drug-likeness (QED) is 0.535. The summed E-state index contributed by atoms with van der Waals surface area (Å²) in [5.74, 6) is 1.95. The summed E-state index contributed by atoms with van der Waals surface area (Å²) in [4.78, 5) is 11.9. The van der Waals surface area contributed by atoms with Gasteiger partial charge in [-0.15, -0.1) is 16.4 Å². The van der Waals surface area contributed by atoms with Crippen LogP contribution < -0.4 is 0 Å². The number of hydrogen-bond acceptors (Lipinski definition) is 4. The van der Waals surface area contributed by atoms with Crippen molar-refractivity contribution in [1.29, 1.82) is 0 Å². The second-order valence-corrected chi connectivity index (χ2v) is 8.22. The molecule has 25 heavy (non-hydrogen) atoms. The first-order chi connectivity index (χ1) is 12.2. The van der Waals surface area contributed by atoms with Gasteiger partial charge in [0.15, 0.2) is 11.5 Å². The number of hydrogen-bond donors (Lipinski definition) is 0. The molecule has 1 fully saturated rings. The molecule has 0 radical (unpaired) electrons. The summed E-state index contributed by atoms with van der Waals surface area (Å²) in [5.41, 5.74) is 5.04. The highest BCUT2D eigenvalue weighted by molar-refractivity contribution is 7.18. The van der Waals surface area contributed by atoms with Gasteiger partial charge in [0.05, 0.1) is 5.39 Å². The van der Waals surface area contributed by atoms with Crippen molar-refractivity contribution in [2.75, 3.05) is 0 Å². The van der Waals surface area contributed by atoms with Gasteiger partial charge in [-0.25, -0.2) is 14.5 Å². The monoisotopic (exact) mass is 348 g/mol. The molecule has 1 aliphatic carbocycles. The Morgan fingerprint density at radius 3 is 2.72 bits per heavy atom. The molecule has 0 spiro atoms. The topological polar surface area (TPSA) is 43.1 Å². The first-order valence-electron chi connectivity index (χ1n) is 8.85. The number of nitrogens with zero attached hydrogens (tertiary/aromatic N) is 4. The molecule has 3 aromatic heterocycles. The molecule has 126 valence electrons. The van der Waals surface area contributed by atoms with Gasteiger partial charge in [0.2, 0.25) is 0 Å². The first kappa shape index (κ1) is 15.0. The van der Waals surface area contributed by atoms with E-state index < -0.39 is 0 Å². The van der Waals surface area contributed by atoms with Gasteiger partial charge in [0.25, 0.3) is 0 Å². The molecule has 0 aliphatic heterocycles. The predicted octanol–water partition coefficient (Wildman–Crippen LogP) is 4.79. The molecule has 4 nitrogen and oxygen atoms in total. The average Bonchev–Trinajstić information content (AvgIpc) is 3.17. The lowest BCUT2D eigenvalue weighted by atomic mass is 10.1. The van der Waals surface area contributed by atoms with Crippen LogP contribution in [-0.4, -0.2) is 19.6 Å². The van der Waals surface area contributed by atoms with Gasteiger partial charge < -0.3 is 0 Å². The summed E-state index contributed by atoms with van der Waals surface area (Å²) in [5, 5.41) is 5.94. The van der Waals surface area contributed by atoms with Crippen LogP contribution in [0.15, 0.2) is 30.6 Å². The number of aryl methyl sites for hydroxylation is 3. The van der Waals surface area contributed by atoms with Crippen LogP contribution in [0, 0.1) is 13.8 Å². The van der Waals surface area contributed by atoms with E-state index in [-0.39, 0.29) is 0 Å². The Bertz CT molecular complexity index is 1090. The number of benzene rings is 1. The normalized spacial score (nSPS) is 19.8. The maximum Gasteiger partial charge on any atom is 0.167 e. The second-order valence-electron chi connectivity index (χ2n) is 7.01. The lowest BCUT2D eigenvalue weighted by Crippen LogP contribution is -1.91. The summed E-state index contributed by atoms with van der Waals surface area (Å²) in [6, 6.07) is 8.87. The summed E-state index contributed by atoms with van der Waals surface area (Å²) in [6.07, 6.45) is 3.96. The zero-order chi connectivity index (χ0) is 17.1. The van der Waals surface area contributed by atoms with Gasteiger partial charge >= 0.3 is 0 Å². The molecule has 0 amide bonds. The Labute approximate surface area is 150 Å². The van der Waals surface area contributed by atoms with Crippen LogP contribution in [-0.2, 0) is 6.42 Å². The summed E-state index contributed by atoms with van der Waals surface area (Å²) >= 11 is 1.76. The zero-order valence-corrected chi connectivity index (χ0v) is 15.5. The second kappa shape index (κ2) is 5.36. The molecule has 1 aliphatic rings. The Morgan fingerprint density at radius 1 is 1.16 bits per heavy atom. The smallest absolute Gasteiger partial charge is 0.167 e.